The minimum atomic E-state index is -0.606. The van der Waals surface area contributed by atoms with Gasteiger partial charge in [-0.1, -0.05) is 19.9 Å². The summed E-state index contributed by atoms with van der Waals surface area (Å²) in [6.45, 7) is 4.92. The minimum Gasteiger partial charge on any atom is -0.423 e. The molecule has 1 N–H and O–H groups in total. The second-order valence-corrected chi connectivity index (χ2v) is 4.83. The zero-order valence-electron chi connectivity index (χ0n) is 12.2. The van der Waals surface area contributed by atoms with Gasteiger partial charge in [-0.2, -0.15) is 0 Å². The fourth-order valence-corrected chi connectivity index (χ4v) is 2.06. The summed E-state index contributed by atoms with van der Waals surface area (Å²) in [5.74, 6) is -0.541. The van der Waals surface area contributed by atoms with E-state index in [0.717, 1.165) is 19.4 Å². The molecule has 21 heavy (non-hydrogen) atoms. The lowest BCUT2D eigenvalue weighted by Gasteiger charge is -2.11. The summed E-state index contributed by atoms with van der Waals surface area (Å²) in [5.41, 5.74) is -0.0535. The number of rotatable bonds is 7. The summed E-state index contributed by atoms with van der Waals surface area (Å²) in [6.07, 6.45) is 1.75. The average molecular weight is 295 g/mol. The predicted molar refractivity (Wildman–Crippen MR) is 74.8 cm³/mol. The quantitative estimate of drug-likeness (QED) is 0.850. The van der Waals surface area contributed by atoms with Gasteiger partial charge in [-0.3, -0.25) is 0 Å². The number of hydrogen-bond acceptors (Lipinski definition) is 4. The van der Waals surface area contributed by atoms with E-state index in [9.17, 15) is 8.78 Å². The van der Waals surface area contributed by atoms with Crippen molar-refractivity contribution >= 4 is 0 Å². The first-order valence-corrected chi connectivity index (χ1v) is 7.14. The standard InChI is InChI=1S/C15H19F2N3O/c1-3-8-18-13(4-2)15-20-19-14(21-15)9-10-11(16)6-5-7-12(10)17/h5-7,13,18H,3-4,8-9H2,1-2H3. The molecule has 0 saturated carbocycles. The zero-order valence-corrected chi connectivity index (χ0v) is 12.2. The Bertz CT molecular complexity index is 566. The van der Waals surface area contributed by atoms with Crippen LogP contribution >= 0.6 is 0 Å². The molecule has 0 bridgehead atoms. The fourth-order valence-electron chi connectivity index (χ4n) is 2.06. The normalized spacial score (nSPS) is 12.6. The first-order chi connectivity index (χ1) is 10.2. The monoisotopic (exact) mass is 295 g/mol. The molecule has 1 aromatic heterocycles. The van der Waals surface area contributed by atoms with Crippen LogP contribution < -0.4 is 5.32 Å². The van der Waals surface area contributed by atoms with Gasteiger partial charge < -0.3 is 9.73 Å². The summed E-state index contributed by atoms with van der Waals surface area (Å²) in [6, 6.07) is 3.73. The Morgan fingerprint density at radius 1 is 1.19 bits per heavy atom. The Morgan fingerprint density at radius 2 is 1.90 bits per heavy atom. The number of aromatic nitrogens is 2. The number of halogens is 2. The molecular formula is C15H19F2N3O. The lowest BCUT2D eigenvalue weighted by molar-refractivity contribution is 0.374. The van der Waals surface area contributed by atoms with Crippen LogP contribution in [-0.4, -0.2) is 16.7 Å². The van der Waals surface area contributed by atoms with E-state index < -0.39 is 11.6 Å². The van der Waals surface area contributed by atoms with Crippen LogP contribution in [0.4, 0.5) is 8.78 Å². The largest absolute Gasteiger partial charge is 0.423 e. The molecule has 0 aliphatic carbocycles. The molecule has 1 heterocycles. The fraction of sp³-hybridized carbons (Fsp3) is 0.467. The lowest BCUT2D eigenvalue weighted by Crippen LogP contribution is -2.21. The topological polar surface area (TPSA) is 51.0 Å². The van der Waals surface area contributed by atoms with Gasteiger partial charge >= 0.3 is 0 Å². The van der Waals surface area contributed by atoms with Gasteiger partial charge in [0.1, 0.15) is 11.6 Å². The van der Waals surface area contributed by atoms with Crippen molar-refractivity contribution in [3.8, 4) is 0 Å². The zero-order chi connectivity index (χ0) is 15.2. The maximum atomic E-state index is 13.6. The van der Waals surface area contributed by atoms with Gasteiger partial charge in [0.05, 0.1) is 12.5 Å². The van der Waals surface area contributed by atoms with Gasteiger partial charge in [0, 0.05) is 5.56 Å². The van der Waals surface area contributed by atoms with E-state index in [-0.39, 0.29) is 23.9 Å². The van der Waals surface area contributed by atoms with E-state index in [4.69, 9.17) is 4.42 Å². The van der Waals surface area contributed by atoms with Crippen molar-refractivity contribution < 1.29 is 13.2 Å². The summed E-state index contributed by atoms with van der Waals surface area (Å²) in [7, 11) is 0. The van der Waals surface area contributed by atoms with E-state index in [1.54, 1.807) is 0 Å². The molecule has 2 rings (SSSR count). The van der Waals surface area contributed by atoms with Gasteiger partial charge in [0.2, 0.25) is 11.8 Å². The number of nitrogens with zero attached hydrogens (tertiary/aromatic N) is 2. The lowest BCUT2D eigenvalue weighted by atomic mass is 10.1. The van der Waals surface area contributed by atoms with Crippen LogP contribution in [0.2, 0.25) is 0 Å². The highest BCUT2D eigenvalue weighted by molar-refractivity contribution is 5.22. The Kier molecular flexibility index (Phi) is 5.38. The van der Waals surface area contributed by atoms with Crippen LogP contribution in [0.15, 0.2) is 22.6 Å². The van der Waals surface area contributed by atoms with Crippen molar-refractivity contribution in [2.75, 3.05) is 6.54 Å². The maximum absolute atomic E-state index is 13.6. The van der Waals surface area contributed by atoms with Crippen LogP contribution in [0.3, 0.4) is 0 Å². The molecule has 114 valence electrons. The Balaban J connectivity index is 2.12. The van der Waals surface area contributed by atoms with Gasteiger partial charge in [0.25, 0.3) is 0 Å². The Hall–Kier alpha value is -1.82. The molecule has 0 aliphatic rings. The highest BCUT2D eigenvalue weighted by atomic mass is 19.1. The van der Waals surface area contributed by atoms with Gasteiger partial charge in [-0.15, -0.1) is 10.2 Å². The molecule has 0 aliphatic heterocycles. The maximum Gasteiger partial charge on any atom is 0.233 e. The van der Waals surface area contributed by atoms with Crippen LogP contribution in [0, 0.1) is 11.6 Å². The second-order valence-electron chi connectivity index (χ2n) is 4.83. The molecule has 2 aromatic rings. The van der Waals surface area contributed by atoms with Crippen LogP contribution in [0.25, 0.3) is 0 Å². The number of nitrogens with one attached hydrogen (secondary N) is 1. The molecule has 1 unspecified atom stereocenters. The SMILES string of the molecule is CCCNC(CC)c1nnc(Cc2c(F)cccc2F)o1. The molecule has 0 saturated heterocycles. The van der Waals surface area contributed by atoms with E-state index >= 15 is 0 Å². The average Bonchev–Trinajstić information content (AvgIpc) is 2.92. The van der Waals surface area contributed by atoms with Crippen molar-refractivity contribution in [1.82, 2.24) is 15.5 Å². The van der Waals surface area contributed by atoms with Crippen LogP contribution in [0.1, 0.15) is 50.1 Å². The van der Waals surface area contributed by atoms with Gasteiger partial charge in [0.15, 0.2) is 0 Å². The Morgan fingerprint density at radius 3 is 2.52 bits per heavy atom. The molecule has 1 aromatic carbocycles. The Labute approximate surface area is 122 Å². The summed E-state index contributed by atoms with van der Waals surface area (Å²) in [5, 5.41) is 11.1. The first kappa shape index (κ1) is 15.6. The van der Waals surface area contributed by atoms with E-state index in [1.807, 2.05) is 6.92 Å². The summed E-state index contributed by atoms with van der Waals surface area (Å²) in [4.78, 5) is 0. The number of hydrogen-bond donors (Lipinski definition) is 1. The predicted octanol–water partition coefficient (Wildman–Crippen LogP) is 3.39. The third kappa shape index (κ3) is 3.85. The number of benzene rings is 1. The molecule has 0 fully saturated rings. The third-order valence-electron chi connectivity index (χ3n) is 3.22. The first-order valence-electron chi connectivity index (χ1n) is 7.14. The molecule has 4 nitrogen and oxygen atoms in total. The van der Waals surface area contributed by atoms with E-state index in [0.29, 0.717) is 5.89 Å². The van der Waals surface area contributed by atoms with Crippen molar-refractivity contribution in [3.63, 3.8) is 0 Å². The van der Waals surface area contributed by atoms with Crippen LogP contribution in [0.5, 0.6) is 0 Å². The molecule has 1 atom stereocenters. The summed E-state index contributed by atoms with van der Waals surface area (Å²) < 4.78 is 32.7. The van der Waals surface area contributed by atoms with Crippen LogP contribution in [-0.2, 0) is 6.42 Å². The van der Waals surface area contributed by atoms with Crippen molar-refractivity contribution in [2.45, 2.75) is 39.2 Å². The smallest absolute Gasteiger partial charge is 0.233 e. The van der Waals surface area contributed by atoms with E-state index in [1.165, 1.54) is 18.2 Å². The molecule has 0 radical (unpaired) electrons. The highest BCUT2D eigenvalue weighted by Crippen LogP contribution is 2.19. The van der Waals surface area contributed by atoms with Crippen molar-refractivity contribution in [2.24, 2.45) is 0 Å². The van der Waals surface area contributed by atoms with Gasteiger partial charge in [-0.05, 0) is 31.5 Å². The van der Waals surface area contributed by atoms with E-state index in [2.05, 4.69) is 22.4 Å². The minimum absolute atomic E-state index is 0.0309. The second kappa shape index (κ2) is 7.26. The molecule has 0 amide bonds. The molecular weight excluding hydrogens is 276 g/mol. The third-order valence-corrected chi connectivity index (χ3v) is 3.22. The van der Waals surface area contributed by atoms with Crippen molar-refractivity contribution in [1.29, 1.82) is 0 Å². The summed E-state index contributed by atoms with van der Waals surface area (Å²) >= 11 is 0. The molecule has 0 spiro atoms. The van der Waals surface area contributed by atoms with Crippen molar-refractivity contribution in [3.05, 3.63) is 47.2 Å². The highest BCUT2D eigenvalue weighted by Gasteiger charge is 2.18. The van der Waals surface area contributed by atoms with Gasteiger partial charge in [-0.25, -0.2) is 8.78 Å². The molecule has 6 heteroatoms.